The molecule has 0 aromatic carbocycles. The second-order valence-electron chi connectivity index (χ2n) is 2.64. The molecule has 0 atom stereocenters. The van der Waals surface area contributed by atoms with Gasteiger partial charge < -0.3 is 4.74 Å². The van der Waals surface area contributed by atoms with E-state index in [-0.39, 0.29) is 5.76 Å². The van der Waals surface area contributed by atoms with Gasteiger partial charge in [0.1, 0.15) is 0 Å². The summed E-state index contributed by atoms with van der Waals surface area (Å²) in [6.07, 6.45) is -4.07. The third-order valence-electron chi connectivity index (χ3n) is 1.64. The fourth-order valence-electron chi connectivity index (χ4n) is 0.826. The molecule has 6 heteroatoms. The number of hydrogen-bond acceptors (Lipinski definition) is 1. The standard InChI is InChI=1S/C9H5F5O/c1-15-7-4-2-6(3-5-7)8(10,11)9(12,13)14/h2,4H,1H3. The summed E-state index contributed by atoms with van der Waals surface area (Å²) < 4.78 is 65.6. The first-order valence-corrected chi connectivity index (χ1v) is 3.72. The summed E-state index contributed by atoms with van der Waals surface area (Å²) in [6, 6.07) is 0. The molecule has 0 amide bonds. The number of allylic oxidation sites excluding steroid dienone is 3. The van der Waals surface area contributed by atoms with Crippen LogP contribution in [0.3, 0.4) is 0 Å². The van der Waals surface area contributed by atoms with Crippen molar-refractivity contribution < 1.29 is 26.7 Å². The Morgan fingerprint density at radius 1 is 1.07 bits per heavy atom. The maximum Gasteiger partial charge on any atom is 0.458 e. The van der Waals surface area contributed by atoms with Crippen molar-refractivity contribution in [3.05, 3.63) is 34.9 Å². The highest BCUT2D eigenvalue weighted by Gasteiger charge is 2.59. The Balaban J connectivity index is 3.19. The molecular weight excluding hydrogens is 219 g/mol. The quantitative estimate of drug-likeness (QED) is 0.517. The summed E-state index contributed by atoms with van der Waals surface area (Å²) in [5.74, 6) is -4.88. The molecule has 0 radical (unpaired) electrons. The van der Waals surface area contributed by atoms with E-state index in [2.05, 4.69) is 4.74 Å². The fourth-order valence-corrected chi connectivity index (χ4v) is 0.826. The fraction of sp³-hybridized carbons (Fsp3) is 0.333. The van der Waals surface area contributed by atoms with Gasteiger partial charge in [-0.2, -0.15) is 22.0 Å². The van der Waals surface area contributed by atoms with Crippen LogP contribution in [0.25, 0.3) is 0 Å². The van der Waals surface area contributed by atoms with E-state index in [1.165, 1.54) is 7.11 Å². The van der Waals surface area contributed by atoms with Crippen LogP contribution in [0.5, 0.6) is 0 Å². The first-order valence-electron chi connectivity index (χ1n) is 3.72. The van der Waals surface area contributed by atoms with Gasteiger partial charge >= 0.3 is 12.1 Å². The number of ether oxygens (including phenoxy) is 1. The van der Waals surface area contributed by atoms with Gasteiger partial charge in [-0.05, 0) is 17.9 Å². The molecule has 0 spiro atoms. The van der Waals surface area contributed by atoms with Crippen molar-refractivity contribution in [3.8, 4) is 0 Å². The first-order chi connectivity index (χ1) is 6.79. The van der Waals surface area contributed by atoms with Gasteiger partial charge in [0.15, 0.2) is 5.76 Å². The van der Waals surface area contributed by atoms with Crippen molar-refractivity contribution in [1.29, 1.82) is 0 Å². The maximum absolute atomic E-state index is 12.7. The third kappa shape index (κ3) is 2.12. The summed E-state index contributed by atoms with van der Waals surface area (Å²) >= 11 is 0. The van der Waals surface area contributed by atoms with Gasteiger partial charge in [0.25, 0.3) is 0 Å². The zero-order chi connectivity index (χ0) is 11.7. The van der Waals surface area contributed by atoms with E-state index in [0.717, 1.165) is 6.08 Å². The van der Waals surface area contributed by atoms with Gasteiger partial charge in [-0.1, -0.05) is 5.73 Å². The van der Waals surface area contributed by atoms with Crippen LogP contribution in [0.1, 0.15) is 0 Å². The molecular formula is C9H5F5O. The van der Waals surface area contributed by atoms with E-state index in [1.807, 2.05) is 5.73 Å². The molecule has 82 valence electrons. The number of hydrogen-bond donors (Lipinski definition) is 0. The van der Waals surface area contributed by atoms with Gasteiger partial charge in [-0.25, -0.2) is 0 Å². The lowest BCUT2D eigenvalue weighted by molar-refractivity contribution is -0.262. The second kappa shape index (κ2) is 3.57. The van der Waals surface area contributed by atoms with E-state index in [4.69, 9.17) is 0 Å². The molecule has 1 aliphatic carbocycles. The van der Waals surface area contributed by atoms with E-state index in [1.54, 1.807) is 5.73 Å². The summed E-state index contributed by atoms with van der Waals surface area (Å²) in [7, 11) is 1.24. The summed E-state index contributed by atoms with van der Waals surface area (Å²) in [4.78, 5) is 0. The highest BCUT2D eigenvalue weighted by atomic mass is 19.4. The van der Waals surface area contributed by atoms with Crippen LogP contribution in [0.15, 0.2) is 34.9 Å². The number of halogens is 5. The van der Waals surface area contributed by atoms with Crippen molar-refractivity contribution in [1.82, 2.24) is 0 Å². The van der Waals surface area contributed by atoms with Crippen molar-refractivity contribution in [2.75, 3.05) is 7.11 Å². The topological polar surface area (TPSA) is 9.23 Å². The van der Waals surface area contributed by atoms with Gasteiger partial charge in [0.2, 0.25) is 0 Å². The molecule has 1 aliphatic rings. The summed E-state index contributed by atoms with van der Waals surface area (Å²) in [5, 5.41) is 0. The second-order valence-corrected chi connectivity index (χ2v) is 2.64. The van der Waals surface area contributed by atoms with E-state index in [0.29, 0.717) is 6.08 Å². The largest absolute Gasteiger partial charge is 0.489 e. The zero-order valence-electron chi connectivity index (χ0n) is 7.45. The molecule has 1 rings (SSSR count). The Morgan fingerprint density at radius 2 is 1.67 bits per heavy atom. The monoisotopic (exact) mass is 224 g/mol. The lowest BCUT2D eigenvalue weighted by atomic mass is 10.1. The third-order valence-corrected chi connectivity index (χ3v) is 1.64. The predicted molar refractivity (Wildman–Crippen MR) is 41.2 cm³/mol. The van der Waals surface area contributed by atoms with Crippen molar-refractivity contribution >= 4 is 0 Å². The zero-order valence-corrected chi connectivity index (χ0v) is 7.45. The van der Waals surface area contributed by atoms with Crippen LogP contribution in [-0.4, -0.2) is 19.2 Å². The first kappa shape index (κ1) is 11.6. The minimum Gasteiger partial charge on any atom is -0.489 e. The Kier molecular flexibility index (Phi) is 2.75. The molecule has 0 saturated carbocycles. The summed E-state index contributed by atoms with van der Waals surface area (Å²) in [5.41, 5.74) is 2.47. The van der Waals surface area contributed by atoms with Crippen LogP contribution in [0.2, 0.25) is 0 Å². The molecule has 0 bridgehead atoms. The molecule has 15 heavy (non-hydrogen) atoms. The van der Waals surface area contributed by atoms with Gasteiger partial charge in [0.05, 0.1) is 12.7 Å². The van der Waals surface area contributed by atoms with E-state index < -0.39 is 17.7 Å². The van der Waals surface area contributed by atoms with Gasteiger partial charge in [-0.3, -0.25) is 0 Å². The predicted octanol–water partition coefficient (Wildman–Crippen LogP) is 2.96. The molecule has 0 aliphatic heterocycles. The Hall–Kier alpha value is -1.51. The van der Waals surface area contributed by atoms with Crippen molar-refractivity contribution in [2.24, 2.45) is 0 Å². The lowest BCUT2D eigenvalue weighted by Crippen LogP contribution is -2.37. The van der Waals surface area contributed by atoms with Gasteiger partial charge in [-0.15, -0.1) is 0 Å². The van der Waals surface area contributed by atoms with Crippen LogP contribution in [0.4, 0.5) is 22.0 Å². The van der Waals surface area contributed by atoms with Crippen molar-refractivity contribution in [2.45, 2.75) is 12.1 Å². The normalized spacial score (nSPS) is 16.1. The number of methoxy groups -OCH3 is 1. The van der Waals surface area contributed by atoms with Crippen molar-refractivity contribution in [3.63, 3.8) is 0 Å². The number of alkyl halides is 5. The highest BCUT2D eigenvalue weighted by Crippen LogP contribution is 2.41. The molecule has 0 unspecified atom stereocenters. The SMILES string of the molecule is COC1=C=C=C(C(F)(F)C(F)(F)F)C=C1. The molecule has 0 saturated heterocycles. The van der Waals surface area contributed by atoms with E-state index >= 15 is 0 Å². The van der Waals surface area contributed by atoms with Gasteiger partial charge in [0, 0.05) is 0 Å². The lowest BCUT2D eigenvalue weighted by Gasteiger charge is -2.19. The van der Waals surface area contributed by atoms with Crippen LogP contribution >= 0.6 is 0 Å². The van der Waals surface area contributed by atoms with Crippen LogP contribution in [-0.2, 0) is 4.74 Å². The maximum atomic E-state index is 12.7. The smallest absolute Gasteiger partial charge is 0.458 e. The Morgan fingerprint density at radius 3 is 2.00 bits per heavy atom. The Bertz CT molecular complexity index is 389. The average molecular weight is 224 g/mol. The minimum absolute atomic E-state index is 0.0386. The minimum atomic E-state index is -5.63. The van der Waals surface area contributed by atoms with E-state index in [9.17, 15) is 22.0 Å². The average Bonchev–Trinajstić information content (AvgIpc) is 2.16. The molecule has 0 heterocycles. The molecule has 0 aromatic rings. The molecule has 0 N–H and O–H groups in total. The molecule has 0 fully saturated rings. The Labute approximate surface area is 81.8 Å². The summed E-state index contributed by atoms with van der Waals surface area (Å²) in [6.45, 7) is 0. The van der Waals surface area contributed by atoms with Crippen LogP contribution < -0.4 is 0 Å². The highest BCUT2D eigenvalue weighted by molar-refractivity contribution is 5.34. The molecule has 0 aromatic heterocycles. The molecule has 1 nitrogen and oxygen atoms in total. The number of rotatable bonds is 2. The van der Waals surface area contributed by atoms with Crippen LogP contribution in [0, 0.1) is 0 Å².